The number of rotatable bonds is 3. The lowest BCUT2D eigenvalue weighted by molar-refractivity contribution is -0.134. The summed E-state index contributed by atoms with van der Waals surface area (Å²) in [6, 6.07) is 0. The fourth-order valence-electron chi connectivity index (χ4n) is 0.739. The van der Waals surface area contributed by atoms with Gasteiger partial charge in [-0.25, -0.2) is 4.79 Å². The van der Waals surface area contributed by atoms with Crippen LogP contribution in [0.1, 0.15) is 33.1 Å². The highest BCUT2D eigenvalue weighted by Crippen LogP contribution is 1.94. The van der Waals surface area contributed by atoms with Gasteiger partial charge >= 0.3 is 5.97 Å². The molecule has 0 amide bonds. The Labute approximate surface area is 80.0 Å². The van der Waals surface area contributed by atoms with Gasteiger partial charge in [-0.15, -0.1) is 0 Å². The first kappa shape index (κ1) is 11.8. The van der Waals surface area contributed by atoms with Gasteiger partial charge in [0.1, 0.15) is 0 Å². The van der Waals surface area contributed by atoms with Crippen molar-refractivity contribution in [3.05, 3.63) is 11.6 Å². The van der Waals surface area contributed by atoms with Crippen LogP contribution in [0.5, 0.6) is 0 Å². The Morgan fingerprint density at radius 2 is 2.23 bits per heavy atom. The van der Waals surface area contributed by atoms with Crippen LogP contribution < -0.4 is 0 Å². The maximum absolute atomic E-state index is 10.7. The Hall–Kier alpha value is -1.23. The summed E-state index contributed by atoms with van der Waals surface area (Å²) in [5.41, 5.74) is 0.753. The lowest BCUT2D eigenvalue weighted by Gasteiger charge is -1.90. The third-order valence-corrected chi connectivity index (χ3v) is 1.48. The molecule has 0 heterocycles. The molecule has 0 rings (SSSR count). The van der Waals surface area contributed by atoms with Crippen LogP contribution in [-0.2, 0) is 9.53 Å². The minimum Gasteiger partial charge on any atom is -0.466 e. The smallest absolute Gasteiger partial charge is 0.331 e. The van der Waals surface area contributed by atoms with E-state index in [1.165, 1.54) is 13.2 Å². The summed E-state index contributed by atoms with van der Waals surface area (Å²) in [5, 5.41) is 0. The van der Waals surface area contributed by atoms with Crippen molar-refractivity contribution >= 4 is 5.97 Å². The lowest BCUT2D eigenvalue weighted by atomic mass is 10.2. The van der Waals surface area contributed by atoms with Gasteiger partial charge in [-0.05, 0) is 13.3 Å². The molecule has 0 fully saturated rings. The molecule has 0 aromatic rings. The van der Waals surface area contributed by atoms with E-state index in [1.807, 2.05) is 0 Å². The van der Waals surface area contributed by atoms with E-state index in [0.717, 1.165) is 24.8 Å². The van der Waals surface area contributed by atoms with Crippen molar-refractivity contribution in [1.82, 2.24) is 0 Å². The Morgan fingerprint density at radius 1 is 1.54 bits per heavy atom. The number of hydrogen-bond donors (Lipinski definition) is 0. The normalized spacial score (nSPS) is 10.2. The third kappa shape index (κ3) is 7.14. The molecule has 0 aromatic heterocycles. The zero-order valence-corrected chi connectivity index (χ0v) is 8.52. The number of carbonyl (C=O) groups excluding carboxylic acids is 1. The van der Waals surface area contributed by atoms with Crippen LogP contribution in [-0.4, -0.2) is 13.1 Å². The van der Waals surface area contributed by atoms with Gasteiger partial charge in [0.25, 0.3) is 0 Å². The monoisotopic (exact) mass is 180 g/mol. The fraction of sp³-hybridized carbons (Fsp3) is 0.545. The summed E-state index contributed by atoms with van der Waals surface area (Å²) in [6.07, 6.45) is 4.55. The number of hydrogen-bond acceptors (Lipinski definition) is 2. The molecule has 13 heavy (non-hydrogen) atoms. The Kier molecular flexibility index (Phi) is 6.72. The average Bonchev–Trinajstić information content (AvgIpc) is 2.12. The summed E-state index contributed by atoms with van der Waals surface area (Å²) in [5.74, 6) is 5.54. The molecule has 0 saturated carbocycles. The molecular weight excluding hydrogens is 164 g/mol. The summed E-state index contributed by atoms with van der Waals surface area (Å²) in [6.45, 7) is 3.93. The van der Waals surface area contributed by atoms with E-state index < -0.39 is 0 Å². The maximum atomic E-state index is 10.7. The number of unbranched alkanes of at least 4 members (excludes halogenated alkanes) is 2. The van der Waals surface area contributed by atoms with Gasteiger partial charge in [0, 0.05) is 18.1 Å². The van der Waals surface area contributed by atoms with E-state index in [0.29, 0.717) is 0 Å². The maximum Gasteiger partial charge on any atom is 0.331 e. The minimum atomic E-state index is -0.345. The average molecular weight is 180 g/mol. The highest BCUT2D eigenvalue weighted by molar-refractivity contribution is 5.83. The first-order valence-corrected chi connectivity index (χ1v) is 4.45. The van der Waals surface area contributed by atoms with Gasteiger partial charge in [-0.2, -0.15) is 0 Å². The zero-order valence-electron chi connectivity index (χ0n) is 8.52. The van der Waals surface area contributed by atoms with Crippen LogP contribution >= 0.6 is 0 Å². The summed E-state index contributed by atoms with van der Waals surface area (Å²) >= 11 is 0. The van der Waals surface area contributed by atoms with Crippen LogP contribution in [0.2, 0.25) is 0 Å². The van der Waals surface area contributed by atoms with Gasteiger partial charge in [0.05, 0.1) is 7.11 Å². The number of carbonyl (C=O) groups is 1. The Bertz CT molecular complexity index is 241. The second kappa shape index (κ2) is 7.42. The van der Waals surface area contributed by atoms with Crippen molar-refractivity contribution in [2.75, 3.05) is 7.11 Å². The van der Waals surface area contributed by atoms with E-state index in [-0.39, 0.29) is 5.97 Å². The Balaban J connectivity index is 3.94. The SMILES string of the molecule is CCCCC#C/C(C)=C/C(=O)OC. The molecule has 2 nitrogen and oxygen atoms in total. The van der Waals surface area contributed by atoms with Gasteiger partial charge < -0.3 is 4.74 Å². The van der Waals surface area contributed by atoms with E-state index in [2.05, 4.69) is 23.5 Å². The van der Waals surface area contributed by atoms with E-state index in [1.54, 1.807) is 6.92 Å². The zero-order chi connectivity index (χ0) is 10.1. The minimum absolute atomic E-state index is 0.345. The van der Waals surface area contributed by atoms with Gasteiger partial charge in [-0.1, -0.05) is 25.2 Å². The van der Waals surface area contributed by atoms with Crippen LogP contribution in [0.4, 0.5) is 0 Å². The van der Waals surface area contributed by atoms with Crippen molar-refractivity contribution in [1.29, 1.82) is 0 Å². The second-order valence-corrected chi connectivity index (χ2v) is 2.76. The first-order chi connectivity index (χ1) is 6.20. The standard InChI is InChI=1S/C11H16O2/c1-4-5-6-7-8-10(2)9-11(12)13-3/h9H,4-6H2,1-3H3/b10-9+. The molecule has 0 aromatic carbocycles. The predicted octanol–water partition coefficient (Wildman–Crippen LogP) is 2.30. The topological polar surface area (TPSA) is 26.3 Å². The summed E-state index contributed by atoms with van der Waals surface area (Å²) < 4.78 is 4.47. The second-order valence-electron chi connectivity index (χ2n) is 2.76. The van der Waals surface area contributed by atoms with Gasteiger partial charge in [-0.3, -0.25) is 0 Å². The van der Waals surface area contributed by atoms with Crippen LogP contribution in [0, 0.1) is 11.8 Å². The van der Waals surface area contributed by atoms with Crippen molar-refractivity contribution in [2.45, 2.75) is 33.1 Å². The molecule has 0 bridgehead atoms. The van der Waals surface area contributed by atoms with E-state index >= 15 is 0 Å². The lowest BCUT2D eigenvalue weighted by Crippen LogP contribution is -1.94. The fourth-order valence-corrected chi connectivity index (χ4v) is 0.739. The van der Waals surface area contributed by atoms with E-state index in [4.69, 9.17) is 0 Å². The summed E-state index contributed by atoms with van der Waals surface area (Å²) in [4.78, 5) is 10.7. The van der Waals surface area contributed by atoms with E-state index in [9.17, 15) is 4.79 Å². The number of allylic oxidation sites excluding steroid dienone is 1. The molecule has 0 aliphatic rings. The van der Waals surface area contributed by atoms with Crippen molar-refractivity contribution < 1.29 is 9.53 Å². The van der Waals surface area contributed by atoms with Crippen LogP contribution in [0.15, 0.2) is 11.6 Å². The molecule has 0 unspecified atom stereocenters. The highest BCUT2D eigenvalue weighted by Gasteiger charge is 1.92. The third-order valence-electron chi connectivity index (χ3n) is 1.48. The quantitative estimate of drug-likeness (QED) is 0.288. The molecule has 0 aliphatic heterocycles. The molecule has 0 saturated heterocycles. The van der Waals surface area contributed by atoms with Gasteiger partial charge in [0.2, 0.25) is 0 Å². The van der Waals surface area contributed by atoms with Crippen LogP contribution in [0.25, 0.3) is 0 Å². The molecule has 2 heteroatoms. The van der Waals surface area contributed by atoms with Gasteiger partial charge in [0.15, 0.2) is 0 Å². The molecule has 0 spiro atoms. The van der Waals surface area contributed by atoms with Crippen molar-refractivity contribution in [3.63, 3.8) is 0 Å². The highest BCUT2D eigenvalue weighted by atomic mass is 16.5. The Morgan fingerprint density at radius 3 is 2.77 bits per heavy atom. The molecule has 0 radical (unpaired) electrons. The number of esters is 1. The molecule has 0 N–H and O–H groups in total. The van der Waals surface area contributed by atoms with Crippen molar-refractivity contribution in [3.8, 4) is 11.8 Å². The number of ether oxygens (including phenoxy) is 1. The summed E-state index contributed by atoms with van der Waals surface area (Å²) in [7, 11) is 1.36. The predicted molar refractivity (Wildman–Crippen MR) is 53.1 cm³/mol. The molecule has 0 atom stereocenters. The largest absolute Gasteiger partial charge is 0.466 e. The molecule has 72 valence electrons. The van der Waals surface area contributed by atoms with Crippen molar-refractivity contribution in [2.24, 2.45) is 0 Å². The van der Waals surface area contributed by atoms with Crippen LogP contribution in [0.3, 0.4) is 0 Å². The first-order valence-electron chi connectivity index (χ1n) is 4.45. The molecule has 0 aliphatic carbocycles. The molecular formula is C11H16O2. The number of methoxy groups -OCH3 is 1.